The molecule has 0 bridgehead atoms. The van der Waals surface area contributed by atoms with Crippen LogP contribution in [0.1, 0.15) is 264 Å². The molecule has 2 atom stereocenters. The molecule has 0 radical (unpaired) electrons. The van der Waals surface area contributed by atoms with E-state index in [0.717, 1.165) is 83.5 Å². The van der Waals surface area contributed by atoms with E-state index in [-0.39, 0.29) is 12.5 Å². The van der Waals surface area contributed by atoms with Crippen molar-refractivity contribution in [1.29, 1.82) is 0 Å². The molecule has 2 unspecified atom stereocenters. The lowest BCUT2D eigenvalue weighted by Gasteiger charge is -2.22. The molecule has 0 aromatic rings. The van der Waals surface area contributed by atoms with Crippen LogP contribution in [0.4, 0.5) is 0 Å². The average Bonchev–Trinajstić information content (AvgIpc) is 3.33. The molecule has 0 heterocycles. The van der Waals surface area contributed by atoms with Crippen molar-refractivity contribution in [2.75, 3.05) is 6.61 Å². The second kappa shape index (κ2) is 57.4. The highest BCUT2D eigenvalue weighted by Gasteiger charge is 2.20. The number of rotatable bonds is 51. The number of aliphatic hydroxyl groups is 2. The third kappa shape index (κ3) is 53.9. The summed E-state index contributed by atoms with van der Waals surface area (Å²) in [7, 11) is 0. The van der Waals surface area contributed by atoms with Crippen LogP contribution in [0.3, 0.4) is 0 Å². The van der Waals surface area contributed by atoms with Gasteiger partial charge in [0.05, 0.1) is 18.8 Å². The molecule has 0 rings (SSSR count). The Morgan fingerprint density at radius 2 is 0.657 bits per heavy atom. The van der Waals surface area contributed by atoms with Crippen molar-refractivity contribution in [3.05, 3.63) is 109 Å². The van der Waals surface area contributed by atoms with Crippen LogP contribution < -0.4 is 5.32 Å². The number of hydrogen-bond donors (Lipinski definition) is 3. The zero-order valence-electron chi connectivity index (χ0n) is 44.1. The van der Waals surface area contributed by atoms with Gasteiger partial charge in [-0.15, -0.1) is 0 Å². The lowest BCUT2D eigenvalue weighted by molar-refractivity contribution is -0.123. The number of amides is 1. The summed E-state index contributed by atoms with van der Waals surface area (Å²) in [5.41, 5.74) is 0. The van der Waals surface area contributed by atoms with Crippen LogP contribution in [-0.2, 0) is 4.79 Å². The van der Waals surface area contributed by atoms with Crippen molar-refractivity contribution < 1.29 is 15.0 Å². The van der Waals surface area contributed by atoms with Crippen molar-refractivity contribution in [3.8, 4) is 0 Å². The van der Waals surface area contributed by atoms with E-state index in [2.05, 4.69) is 129 Å². The first-order valence-electron chi connectivity index (χ1n) is 28.6. The second-order valence-electron chi connectivity index (χ2n) is 19.0. The molecule has 0 aliphatic heterocycles. The Hall–Kier alpha value is -2.95. The van der Waals surface area contributed by atoms with E-state index in [1.54, 1.807) is 0 Å². The predicted octanol–water partition coefficient (Wildman–Crippen LogP) is 19.1. The number of hydrogen-bond acceptors (Lipinski definition) is 3. The van der Waals surface area contributed by atoms with Gasteiger partial charge in [-0.3, -0.25) is 4.79 Å². The number of allylic oxidation sites excluding steroid dienone is 18. The Morgan fingerprint density at radius 3 is 0.985 bits per heavy atom. The predicted molar refractivity (Wildman–Crippen MR) is 299 cm³/mol. The van der Waals surface area contributed by atoms with Crippen LogP contribution in [-0.4, -0.2) is 34.9 Å². The smallest absolute Gasteiger partial charge is 0.220 e. The highest BCUT2D eigenvalue weighted by molar-refractivity contribution is 5.76. The van der Waals surface area contributed by atoms with Gasteiger partial charge in [-0.05, 0) is 83.5 Å². The average molecular weight is 929 g/mol. The fourth-order valence-corrected chi connectivity index (χ4v) is 8.24. The maximum absolute atomic E-state index is 12.5. The fraction of sp³-hybridized carbons (Fsp3) is 0.698. The zero-order chi connectivity index (χ0) is 48.5. The molecule has 0 fully saturated rings. The molecule has 0 spiro atoms. The van der Waals surface area contributed by atoms with Crippen LogP contribution in [0, 0.1) is 0 Å². The van der Waals surface area contributed by atoms with Crippen LogP contribution in [0.5, 0.6) is 0 Å². The van der Waals surface area contributed by atoms with Gasteiger partial charge in [0.25, 0.3) is 0 Å². The Morgan fingerprint density at radius 1 is 0.373 bits per heavy atom. The Kier molecular flexibility index (Phi) is 54.8. The largest absolute Gasteiger partial charge is 0.394 e. The Balaban J connectivity index is 3.56. The van der Waals surface area contributed by atoms with Crippen molar-refractivity contribution in [2.24, 2.45) is 0 Å². The summed E-state index contributed by atoms with van der Waals surface area (Å²) in [4.78, 5) is 12.5. The van der Waals surface area contributed by atoms with E-state index in [1.807, 2.05) is 0 Å². The molecule has 4 heteroatoms. The SMILES string of the molecule is CC/C=C\C/C=C\C/C=C\C/C=C\C/C=C\C/C=C\C/C=C\C/C=C\C/C=C\CCCCCCCCCCCCCC(=O)NC(CO)C(O)CCCCCCCCCCCCCCCCCC. The van der Waals surface area contributed by atoms with E-state index in [0.29, 0.717) is 12.8 Å². The molecule has 1 amide bonds. The minimum absolute atomic E-state index is 0.0373. The lowest BCUT2D eigenvalue weighted by Crippen LogP contribution is -2.45. The van der Waals surface area contributed by atoms with Gasteiger partial charge < -0.3 is 15.5 Å². The van der Waals surface area contributed by atoms with Gasteiger partial charge in [-0.25, -0.2) is 0 Å². The first kappa shape index (κ1) is 64.0. The van der Waals surface area contributed by atoms with Crippen LogP contribution in [0.15, 0.2) is 109 Å². The van der Waals surface area contributed by atoms with Gasteiger partial charge in [-0.2, -0.15) is 0 Å². The van der Waals surface area contributed by atoms with Crippen LogP contribution >= 0.6 is 0 Å². The monoisotopic (exact) mass is 928 g/mol. The summed E-state index contributed by atoms with van der Waals surface area (Å²) in [6.07, 6.45) is 86.4. The zero-order valence-corrected chi connectivity index (χ0v) is 44.1. The normalized spacial score (nSPS) is 13.7. The van der Waals surface area contributed by atoms with E-state index in [1.165, 1.54) is 154 Å². The Labute approximate surface area is 416 Å². The minimum Gasteiger partial charge on any atom is -0.394 e. The number of nitrogens with one attached hydrogen (secondary N) is 1. The first-order chi connectivity index (χ1) is 33.2. The summed E-state index contributed by atoms with van der Waals surface area (Å²) in [6, 6.07) is -0.544. The molecular weight excluding hydrogens is 819 g/mol. The maximum Gasteiger partial charge on any atom is 0.220 e. The van der Waals surface area contributed by atoms with Gasteiger partial charge in [-0.1, -0.05) is 284 Å². The quantitative estimate of drug-likeness (QED) is 0.0420. The van der Waals surface area contributed by atoms with Crippen molar-refractivity contribution in [2.45, 2.75) is 276 Å². The topological polar surface area (TPSA) is 69.6 Å². The summed E-state index contributed by atoms with van der Waals surface area (Å²) in [5.74, 6) is -0.0373. The highest BCUT2D eigenvalue weighted by atomic mass is 16.3. The number of carbonyl (C=O) groups is 1. The summed E-state index contributed by atoms with van der Waals surface area (Å²) < 4.78 is 0. The van der Waals surface area contributed by atoms with Gasteiger partial charge in [0.1, 0.15) is 0 Å². The standard InChI is InChI=1S/C63H109NO3/c1-3-5-7-9-11-13-15-17-19-21-22-23-24-25-26-27-28-29-30-31-32-33-34-35-36-37-38-39-40-41-42-43-45-47-49-51-53-55-57-59-63(67)64-61(60-65)62(66)58-56-54-52-50-48-46-44-20-18-16-14-12-10-8-6-4-2/h5,7,11,13,17,19,22-23,25-26,28-29,31-32,34-35,37-38,61-62,65-66H,3-4,6,8-10,12,14-16,18,20-21,24,27,30,33,36,39-60H2,1-2H3,(H,64,67)/b7-5-,13-11-,19-17-,23-22-,26-25-,29-28-,32-31-,35-34-,38-37-. The van der Waals surface area contributed by atoms with Crippen LogP contribution in [0.2, 0.25) is 0 Å². The van der Waals surface area contributed by atoms with Crippen molar-refractivity contribution in [3.63, 3.8) is 0 Å². The van der Waals surface area contributed by atoms with E-state index >= 15 is 0 Å². The third-order valence-corrected chi connectivity index (χ3v) is 12.5. The third-order valence-electron chi connectivity index (χ3n) is 12.5. The molecule has 67 heavy (non-hydrogen) atoms. The molecule has 384 valence electrons. The summed E-state index contributed by atoms with van der Waals surface area (Å²) in [6.45, 7) is 4.25. The maximum atomic E-state index is 12.5. The van der Waals surface area contributed by atoms with Gasteiger partial charge in [0.15, 0.2) is 0 Å². The highest BCUT2D eigenvalue weighted by Crippen LogP contribution is 2.16. The van der Waals surface area contributed by atoms with Gasteiger partial charge in [0, 0.05) is 6.42 Å². The molecule has 3 N–H and O–H groups in total. The van der Waals surface area contributed by atoms with Gasteiger partial charge in [0.2, 0.25) is 5.91 Å². The van der Waals surface area contributed by atoms with Crippen molar-refractivity contribution >= 4 is 5.91 Å². The summed E-state index contributed by atoms with van der Waals surface area (Å²) in [5, 5.41) is 23.3. The van der Waals surface area contributed by atoms with E-state index in [9.17, 15) is 15.0 Å². The van der Waals surface area contributed by atoms with E-state index < -0.39 is 12.1 Å². The molecule has 0 aliphatic rings. The number of aliphatic hydroxyl groups excluding tert-OH is 2. The van der Waals surface area contributed by atoms with Crippen LogP contribution in [0.25, 0.3) is 0 Å². The lowest BCUT2D eigenvalue weighted by atomic mass is 10.0. The second-order valence-corrected chi connectivity index (χ2v) is 19.0. The molecule has 4 nitrogen and oxygen atoms in total. The van der Waals surface area contributed by atoms with Gasteiger partial charge >= 0.3 is 0 Å². The fourth-order valence-electron chi connectivity index (χ4n) is 8.24. The molecule has 0 saturated carbocycles. The molecule has 0 saturated heterocycles. The minimum atomic E-state index is -0.666. The van der Waals surface area contributed by atoms with Crippen molar-refractivity contribution in [1.82, 2.24) is 5.32 Å². The summed E-state index contributed by atoms with van der Waals surface area (Å²) >= 11 is 0. The first-order valence-corrected chi connectivity index (χ1v) is 28.6. The molecule has 0 aromatic carbocycles. The number of unbranched alkanes of at least 4 members (excludes halogenated alkanes) is 26. The molecule has 0 aliphatic carbocycles. The number of carbonyl (C=O) groups excluding carboxylic acids is 1. The molecule has 0 aromatic heterocycles. The Bertz CT molecular complexity index is 1280. The van der Waals surface area contributed by atoms with E-state index in [4.69, 9.17) is 0 Å². The molecular formula is C63H109NO3.